The van der Waals surface area contributed by atoms with Crippen LogP contribution in [0.25, 0.3) is 0 Å². The summed E-state index contributed by atoms with van der Waals surface area (Å²) >= 11 is 17.9. The minimum absolute atomic E-state index is 0.0448. The molecule has 1 aromatic carbocycles. The molecule has 0 spiro atoms. The molecule has 0 bridgehead atoms. The van der Waals surface area contributed by atoms with Crippen molar-refractivity contribution in [1.29, 1.82) is 0 Å². The molecule has 2 heterocycles. The molecule has 2 amide bonds. The number of esters is 1. The second kappa shape index (κ2) is 9.73. The van der Waals surface area contributed by atoms with Crippen molar-refractivity contribution in [3.8, 4) is 0 Å². The second-order valence-electron chi connectivity index (χ2n) is 6.04. The molecule has 3 aromatic rings. The van der Waals surface area contributed by atoms with Gasteiger partial charge in [0.15, 0.2) is 5.69 Å². The molecule has 2 N–H and O–H groups in total. The van der Waals surface area contributed by atoms with Gasteiger partial charge in [-0.25, -0.2) is 9.48 Å². The Hall–Kier alpha value is -3.21. The van der Waals surface area contributed by atoms with Gasteiger partial charge in [0.25, 0.3) is 11.8 Å². The highest BCUT2D eigenvalue weighted by atomic mass is 35.5. The van der Waals surface area contributed by atoms with Crippen molar-refractivity contribution in [2.45, 2.75) is 6.54 Å². The summed E-state index contributed by atoms with van der Waals surface area (Å²) in [5, 5.41) is 8.43. The molecule has 10 nitrogen and oxygen atoms in total. The van der Waals surface area contributed by atoms with Crippen LogP contribution in [0, 0.1) is 0 Å². The molecule has 2 aromatic heterocycles. The van der Waals surface area contributed by atoms with E-state index in [9.17, 15) is 14.4 Å². The predicted octanol–water partition coefficient (Wildman–Crippen LogP) is 2.54. The number of hydrazine groups is 1. The summed E-state index contributed by atoms with van der Waals surface area (Å²) in [4.78, 5) is 39.7. The van der Waals surface area contributed by atoms with E-state index >= 15 is 0 Å². The fourth-order valence-electron chi connectivity index (χ4n) is 2.41. The van der Waals surface area contributed by atoms with Crippen molar-refractivity contribution in [2.75, 3.05) is 7.11 Å². The van der Waals surface area contributed by atoms with Gasteiger partial charge in [0.1, 0.15) is 0 Å². The van der Waals surface area contributed by atoms with E-state index in [1.54, 1.807) is 12.1 Å². The van der Waals surface area contributed by atoms with E-state index in [0.29, 0.717) is 5.56 Å². The average Bonchev–Trinajstić information content (AvgIpc) is 3.23. The van der Waals surface area contributed by atoms with E-state index in [2.05, 4.69) is 30.9 Å². The van der Waals surface area contributed by atoms with Crippen LogP contribution < -0.4 is 10.9 Å². The van der Waals surface area contributed by atoms with Crippen LogP contribution >= 0.6 is 34.8 Å². The number of benzene rings is 1. The van der Waals surface area contributed by atoms with Crippen LogP contribution in [0.4, 0.5) is 0 Å². The lowest BCUT2D eigenvalue weighted by molar-refractivity contribution is 0.0600. The first-order valence-corrected chi connectivity index (χ1v) is 9.59. The Morgan fingerprint density at radius 3 is 2.32 bits per heavy atom. The molecular weight excluding hydrogens is 471 g/mol. The summed E-state index contributed by atoms with van der Waals surface area (Å²) in [6.45, 7) is 0.231. The van der Waals surface area contributed by atoms with Crippen LogP contribution in [0.5, 0.6) is 0 Å². The van der Waals surface area contributed by atoms with Gasteiger partial charge in [-0.2, -0.15) is 0 Å². The molecule has 0 aliphatic rings. The number of aromatic nitrogens is 4. The Bertz CT molecular complexity index is 1140. The number of hydrogen-bond donors (Lipinski definition) is 2. The van der Waals surface area contributed by atoms with E-state index in [-0.39, 0.29) is 38.4 Å². The third-order valence-corrected chi connectivity index (χ3v) is 5.07. The first-order chi connectivity index (χ1) is 14.8. The first kappa shape index (κ1) is 22.5. The summed E-state index contributed by atoms with van der Waals surface area (Å²) in [7, 11) is 1.21. The SMILES string of the molecule is COC(=O)c1cncc(C(=O)NNC(=O)c2cn(Cc3cc(Cl)c(Cl)c(Cl)c3)nn2)c1. The van der Waals surface area contributed by atoms with Crippen LogP contribution in [0.1, 0.15) is 36.8 Å². The van der Waals surface area contributed by atoms with Gasteiger partial charge >= 0.3 is 5.97 Å². The van der Waals surface area contributed by atoms with Gasteiger partial charge < -0.3 is 4.74 Å². The standard InChI is InChI=1S/C18H13Cl3N6O4/c1-31-18(30)11-4-10(5-22-6-11)16(28)24-25-17(29)14-8-27(26-23-14)7-9-2-12(19)15(21)13(20)3-9/h2-6,8H,7H2,1H3,(H,24,28)(H,25,29). The van der Waals surface area contributed by atoms with Crippen LogP contribution in [0.3, 0.4) is 0 Å². The van der Waals surface area contributed by atoms with Gasteiger partial charge in [0, 0.05) is 12.4 Å². The maximum absolute atomic E-state index is 12.2. The molecule has 0 fully saturated rings. The van der Waals surface area contributed by atoms with Crippen molar-refractivity contribution in [3.63, 3.8) is 0 Å². The third kappa shape index (κ3) is 5.48. The smallest absolute Gasteiger partial charge is 0.339 e. The summed E-state index contributed by atoms with van der Waals surface area (Å²) in [6, 6.07) is 4.51. The van der Waals surface area contributed by atoms with Crippen molar-refractivity contribution >= 4 is 52.6 Å². The predicted molar refractivity (Wildman–Crippen MR) is 111 cm³/mol. The van der Waals surface area contributed by atoms with Gasteiger partial charge in [-0.1, -0.05) is 40.0 Å². The van der Waals surface area contributed by atoms with E-state index in [4.69, 9.17) is 34.8 Å². The number of rotatable bonds is 5. The van der Waals surface area contributed by atoms with Crippen molar-refractivity contribution < 1.29 is 19.1 Å². The van der Waals surface area contributed by atoms with Crippen molar-refractivity contribution in [1.82, 2.24) is 30.8 Å². The average molecular weight is 484 g/mol. The van der Waals surface area contributed by atoms with Crippen LogP contribution in [-0.4, -0.2) is 44.9 Å². The van der Waals surface area contributed by atoms with Gasteiger partial charge in [0.2, 0.25) is 0 Å². The fourth-order valence-corrected chi connectivity index (χ4v) is 3.05. The van der Waals surface area contributed by atoms with Crippen LogP contribution in [-0.2, 0) is 11.3 Å². The molecule has 0 atom stereocenters. The zero-order valence-corrected chi connectivity index (χ0v) is 18.0. The Morgan fingerprint density at radius 1 is 1.00 bits per heavy atom. The Morgan fingerprint density at radius 2 is 1.65 bits per heavy atom. The number of methoxy groups -OCH3 is 1. The largest absolute Gasteiger partial charge is 0.465 e. The fraction of sp³-hybridized carbons (Fsp3) is 0.111. The van der Waals surface area contributed by atoms with E-state index in [1.165, 1.54) is 36.4 Å². The summed E-state index contributed by atoms with van der Waals surface area (Å²) in [5.74, 6) is -2.04. The molecule has 31 heavy (non-hydrogen) atoms. The van der Waals surface area contributed by atoms with Crippen molar-refractivity contribution in [3.05, 3.63) is 74.2 Å². The molecule has 0 radical (unpaired) electrons. The number of hydrogen-bond acceptors (Lipinski definition) is 7. The lowest BCUT2D eigenvalue weighted by Gasteiger charge is -2.06. The first-order valence-electron chi connectivity index (χ1n) is 8.46. The summed E-state index contributed by atoms with van der Waals surface area (Å²) in [6.07, 6.45) is 3.85. The number of amides is 2. The molecule has 13 heteroatoms. The monoisotopic (exact) mass is 482 g/mol. The van der Waals surface area contributed by atoms with E-state index < -0.39 is 17.8 Å². The van der Waals surface area contributed by atoms with Gasteiger partial charge in [-0.05, 0) is 23.8 Å². The number of ether oxygens (including phenoxy) is 1. The zero-order chi connectivity index (χ0) is 22.5. The lowest BCUT2D eigenvalue weighted by Crippen LogP contribution is -2.41. The third-order valence-electron chi connectivity index (χ3n) is 3.87. The number of nitrogens with zero attached hydrogens (tertiary/aromatic N) is 4. The highest BCUT2D eigenvalue weighted by Gasteiger charge is 2.15. The normalized spacial score (nSPS) is 10.5. The topological polar surface area (TPSA) is 128 Å². The zero-order valence-electron chi connectivity index (χ0n) is 15.7. The molecule has 3 rings (SSSR count). The Balaban J connectivity index is 1.61. The van der Waals surface area contributed by atoms with Crippen LogP contribution in [0.15, 0.2) is 36.8 Å². The second-order valence-corrected chi connectivity index (χ2v) is 7.23. The van der Waals surface area contributed by atoms with E-state index in [1.807, 2.05) is 0 Å². The number of carbonyl (C=O) groups excluding carboxylic acids is 3. The molecule has 0 aliphatic heterocycles. The number of nitrogens with one attached hydrogen (secondary N) is 2. The summed E-state index contributed by atoms with van der Waals surface area (Å²) in [5.41, 5.74) is 5.19. The quantitative estimate of drug-likeness (QED) is 0.324. The maximum Gasteiger partial charge on any atom is 0.339 e. The molecule has 160 valence electrons. The summed E-state index contributed by atoms with van der Waals surface area (Å²) < 4.78 is 5.96. The molecular formula is C18H13Cl3N6O4. The van der Waals surface area contributed by atoms with Gasteiger partial charge in [-0.3, -0.25) is 25.4 Å². The van der Waals surface area contributed by atoms with Crippen LogP contribution in [0.2, 0.25) is 15.1 Å². The molecule has 0 saturated carbocycles. The highest BCUT2D eigenvalue weighted by molar-refractivity contribution is 6.48. The number of halogens is 3. The maximum atomic E-state index is 12.2. The van der Waals surface area contributed by atoms with Gasteiger partial charge in [0.05, 0.1) is 46.0 Å². The number of pyridine rings is 1. The molecule has 0 unspecified atom stereocenters. The molecule has 0 aliphatic carbocycles. The molecule has 0 saturated heterocycles. The minimum Gasteiger partial charge on any atom is -0.465 e. The number of carbonyl (C=O) groups is 3. The minimum atomic E-state index is -0.705. The van der Waals surface area contributed by atoms with Gasteiger partial charge in [-0.15, -0.1) is 5.10 Å². The van der Waals surface area contributed by atoms with E-state index in [0.717, 1.165) is 0 Å². The Labute approximate surface area is 190 Å². The lowest BCUT2D eigenvalue weighted by atomic mass is 10.2. The Kier molecular flexibility index (Phi) is 7.06. The van der Waals surface area contributed by atoms with Crippen molar-refractivity contribution in [2.24, 2.45) is 0 Å². The highest BCUT2D eigenvalue weighted by Crippen LogP contribution is 2.31.